The van der Waals surface area contributed by atoms with Crippen molar-refractivity contribution in [3.63, 3.8) is 0 Å². The monoisotopic (exact) mass is 381 g/mol. The van der Waals surface area contributed by atoms with Gasteiger partial charge in [0.2, 0.25) is 11.8 Å². The molecule has 0 aromatic heterocycles. The number of nitriles is 1. The molecule has 2 heterocycles. The van der Waals surface area contributed by atoms with E-state index in [-0.39, 0.29) is 23.9 Å². The van der Waals surface area contributed by atoms with Crippen LogP contribution in [0.2, 0.25) is 0 Å². The minimum Gasteiger partial charge on any atom is -0.331 e. The van der Waals surface area contributed by atoms with Crippen LogP contribution in [0.25, 0.3) is 6.08 Å². The summed E-state index contributed by atoms with van der Waals surface area (Å²) in [5, 5.41) is 9.24. The third-order valence-corrected chi connectivity index (χ3v) is 6.68. The summed E-state index contributed by atoms with van der Waals surface area (Å²) in [7, 11) is 0. The summed E-state index contributed by atoms with van der Waals surface area (Å²) in [5.41, 5.74) is 3.86. The highest BCUT2D eigenvalue weighted by Gasteiger charge is 2.40. The summed E-state index contributed by atoms with van der Waals surface area (Å²) in [6.45, 7) is 0.646. The Kier molecular flexibility index (Phi) is 5.22. The fourth-order valence-electron chi connectivity index (χ4n) is 4.20. The second-order valence-electron chi connectivity index (χ2n) is 7.38. The highest BCUT2D eigenvalue weighted by molar-refractivity contribution is 7.99. The van der Waals surface area contributed by atoms with Crippen LogP contribution in [0.5, 0.6) is 0 Å². The van der Waals surface area contributed by atoms with Gasteiger partial charge >= 0.3 is 0 Å². The van der Waals surface area contributed by atoms with E-state index in [1.165, 1.54) is 16.7 Å². The number of carbonyl (C=O) groups excluding carboxylic acids is 2. The number of thioether (sulfide) groups is 1. The molecule has 140 valence electrons. The average Bonchev–Trinajstić information content (AvgIpc) is 3.43. The Labute approximate surface area is 164 Å². The van der Waals surface area contributed by atoms with Crippen LogP contribution in [0, 0.1) is 11.3 Å². The van der Waals surface area contributed by atoms with E-state index >= 15 is 0 Å². The molecule has 4 rings (SSSR count). The number of hydrogen-bond acceptors (Lipinski definition) is 4. The molecule has 0 saturated carbocycles. The van der Waals surface area contributed by atoms with Gasteiger partial charge < -0.3 is 9.80 Å². The van der Waals surface area contributed by atoms with Crippen LogP contribution in [0.3, 0.4) is 0 Å². The molecule has 3 aliphatic rings. The molecule has 0 spiro atoms. The van der Waals surface area contributed by atoms with E-state index in [1.54, 1.807) is 21.6 Å². The van der Waals surface area contributed by atoms with Crippen LogP contribution in [-0.2, 0) is 16.0 Å². The topological polar surface area (TPSA) is 64.4 Å². The van der Waals surface area contributed by atoms with Gasteiger partial charge in [0, 0.05) is 18.7 Å². The lowest BCUT2D eigenvalue weighted by atomic mass is 10.1. The van der Waals surface area contributed by atoms with Crippen molar-refractivity contribution < 1.29 is 9.59 Å². The van der Waals surface area contributed by atoms with Crippen molar-refractivity contribution in [2.24, 2.45) is 0 Å². The quantitative estimate of drug-likeness (QED) is 0.804. The molecule has 0 bridgehead atoms. The maximum atomic E-state index is 12.9. The highest BCUT2D eigenvalue weighted by atomic mass is 32.2. The van der Waals surface area contributed by atoms with Gasteiger partial charge in [-0.2, -0.15) is 5.26 Å². The molecule has 27 heavy (non-hydrogen) atoms. The van der Waals surface area contributed by atoms with Crippen molar-refractivity contribution in [1.82, 2.24) is 9.80 Å². The molecule has 6 heteroatoms. The molecule has 1 aliphatic carbocycles. The first-order valence-electron chi connectivity index (χ1n) is 9.52. The zero-order valence-corrected chi connectivity index (χ0v) is 16.1. The number of allylic oxidation sites excluding steroid dienone is 1. The third-order valence-electron chi connectivity index (χ3n) is 5.66. The molecule has 2 atom stereocenters. The Morgan fingerprint density at radius 2 is 2.11 bits per heavy atom. The fourth-order valence-corrected chi connectivity index (χ4v) is 5.29. The molecule has 1 aromatic carbocycles. The van der Waals surface area contributed by atoms with E-state index in [1.807, 2.05) is 12.1 Å². The number of carbonyl (C=O) groups is 2. The highest BCUT2D eigenvalue weighted by Crippen LogP contribution is 2.29. The molecule has 0 N–H and O–H groups in total. The first-order valence-corrected chi connectivity index (χ1v) is 10.7. The minimum absolute atomic E-state index is 0.0510. The second kappa shape index (κ2) is 7.77. The van der Waals surface area contributed by atoms with Gasteiger partial charge in [-0.1, -0.05) is 35.9 Å². The lowest BCUT2D eigenvalue weighted by Gasteiger charge is -2.29. The van der Waals surface area contributed by atoms with Crippen LogP contribution in [-0.4, -0.2) is 51.9 Å². The molecule has 0 unspecified atom stereocenters. The van der Waals surface area contributed by atoms with Gasteiger partial charge in [-0.05, 0) is 36.8 Å². The van der Waals surface area contributed by atoms with E-state index in [2.05, 4.69) is 24.3 Å². The van der Waals surface area contributed by atoms with Crippen molar-refractivity contribution in [2.45, 2.75) is 44.2 Å². The summed E-state index contributed by atoms with van der Waals surface area (Å²) >= 11 is 1.60. The summed E-state index contributed by atoms with van der Waals surface area (Å²) in [5.74, 6) is 1.23. The van der Waals surface area contributed by atoms with Crippen LogP contribution in [0.1, 0.15) is 36.8 Å². The maximum absolute atomic E-state index is 12.9. The second-order valence-corrected chi connectivity index (χ2v) is 8.38. The Bertz CT molecular complexity index is 829. The van der Waals surface area contributed by atoms with E-state index in [0.717, 1.165) is 19.3 Å². The first-order chi connectivity index (χ1) is 13.2. The molecule has 2 fully saturated rings. The molecule has 5 nitrogen and oxygen atoms in total. The molecular formula is C21H23N3O2S. The van der Waals surface area contributed by atoms with Crippen LogP contribution < -0.4 is 0 Å². The fraction of sp³-hybridized carbons (Fsp3) is 0.476. The van der Waals surface area contributed by atoms with Crippen molar-refractivity contribution in [3.05, 3.63) is 41.0 Å². The van der Waals surface area contributed by atoms with Crippen molar-refractivity contribution >= 4 is 29.7 Å². The number of likely N-dealkylation sites (tertiary alicyclic amines) is 1. The Morgan fingerprint density at radius 1 is 1.26 bits per heavy atom. The van der Waals surface area contributed by atoms with Crippen molar-refractivity contribution in [2.75, 3.05) is 18.2 Å². The number of fused-ring (bicyclic) bond motifs is 1. The molecule has 2 amide bonds. The van der Waals surface area contributed by atoms with Gasteiger partial charge in [0.15, 0.2) is 0 Å². The van der Waals surface area contributed by atoms with Crippen molar-refractivity contribution in [1.29, 1.82) is 5.26 Å². The Hall–Kier alpha value is -2.26. The first kappa shape index (κ1) is 18.1. The van der Waals surface area contributed by atoms with Crippen LogP contribution >= 0.6 is 11.8 Å². The third kappa shape index (κ3) is 3.61. The molecule has 2 saturated heterocycles. The summed E-state index contributed by atoms with van der Waals surface area (Å²) in [6.07, 6.45) is 5.85. The summed E-state index contributed by atoms with van der Waals surface area (Å²) in [6, 6.07) is 9.79. The zero-order valence-electron chi connectivity index (χ0n) is 15.3. The standard InChI is InChI=1S/C21H23N3O2S/c22-12-18-13-27-14-24(18)21(26)19-6-3-9-23(19)20(25)8-7-15-10-16-4-1-2-5-17(16)11-15/h1-2,4-5,10,18-19H,3,6-9,11,13-14H2/t18-,19+/m1/s1. The van der Waals surface area contributed by atoms with Gasteiger partial charge in [-0.3, -0.25) is 9.59 Å². The van der Waals surface area contributed by atoms with E-state index < -0.39 is 0 Å². The van der Waals surface area contributed by atoms with Gasteiger partial charge in [-0.25, -0.2) is 0 Å². The Morgan fingerprint density at radius 3 is 2.93 bits per heavy atom. The minimum atomic E-state index is -0.387. The van der Waals surface area contributed by atoms with Gasteiger partial charge in [0.25, 0.3) is 0 Å². The number of amides is 2. The lowest BCUT2D eigenvalue weighted by Crippen LogP contribution is -2.49. The van der Waals surface area contributed by atoms with E-state index in [4.69, 9.17) is 0 Å². The summed E-state index contributed by atoms with van der Waals surface area (Å²) in [4.78, 5) is 29.1. The van der Waals surface area contributed by atoms with Gasteiger partial charge in [0.05, 0.1) is 11.9 Å². The van der Waals surface area contributed by atoms with Crippen LogP contribution in [0.4, 0.5) is 0 Å². The van der Waals surface area contributed by atoms with E-state index in [0.29, 0.717) is 31.0 Å². The summed E-state index contributed by atoms with van der Waals surface area (Å²) < 4.78 is 0. The largest absolute Gasteiger partial charge is 0.331 e. The molecule has 2 aliphatic heterocycles. The number of nitrogens with zero attached hydrogens (tertiary/aromatic N) is 3. The predicted molar refractivity (Wildman–Crippen MR) is 106 cm³/mol. The molecule has 0 radical (unpaired) electrons. The van der Waals surface area contributed by atoms with Gasteiger partial charge in [-0.15, -0.1) is 11.8 Å². The average molecular weight is 382 g/mol. The lowest BCUT2D eigenvalue weighted by molar-refractivity contribution is -0.143. The number of hydrogen-bond donors (Lipinski definition) is 0. The SMILES string of the molecule is N#C[C@@H]1CSCN1C(=O)[C@@H]1CCCN1C(=O)CCC1=Cc2ccccc2C1. The van der Waals surface area contributed by atoms with E-state index in [9.17, 15) is 14.9 Å². The molecular weight excluding hydrogens is 358 g/mol. The zero-order chi connectivity index (χ0) is 18.8. The van der Waals surface area contributed by atoms with Crippen LogP contribution in [0.15, 0.2) is 29.8 Å². The Balaban J connectivity index is 1.36. The number of rotatable bonds is 4. The smallest absolute Gasteiger partial charge is 0.247 e. The van der Waals surface area contributed by atoms with Crippen molar-refractivity contribution in [3.8, 4) is 6.07 Å². The maximum Gasteiger partial charge on any atom is 0.247 e. The normalized spacial score (nSPS) is 23.9. The molecule has 1 aromatic rings. The number of benzene rings is 1. The predicted octanol–water partition coefficient (Wildman–Crippen LogP) is 2.82. The van der Waals surface area contributed by atoms with Gasteiger partial charge in [0.1, 0.15) is 12.1 Å².